The van der Waals surface area contributed by atoms with Gasteiger partial charge in [0.2, 0.25) is 82.7 Å². The molecule has 1 fully saturated rings. The van der Waals surface area contributed by atoms with Crippen LogP contribution in [-0.4, -0.2) is 196 Å². The smallest absolute Gasteiger partial charge is 0.300 e. The van der Waals surface area contributed by atoms with Crippen molar-refractivity contribution in [2.24, 2.45) is 51.0 Å². The molecule has 3 aromatic rings. The number of carboxylic acid groups (broad SMARTS) is 1. The second-order valence-corrected chi connectivity index (χ2v) is 24.8. The Morgan fingerprint density at radius 3 is 1.28 bits per heavy atom. The minimum Gasteiger partial charge on any atom is -0.481 e. The number of aliphatic imine (C=N–C) groups is 1. The van der Waals surface area contributed by atoms with Crippen LogP contribution in [0.15, 0.2) is 96.0 Å². The summed E-state index contributed by atoms with van der Waals surface area (Å²) in [5.74, 6) is -13.7. The number of hydrogen-bond donors (Lipinski definition) is 18. The molecule has 35 heteroatoms. The van der Waals surface area contributed by atoms with Gasteiger partial charge in [-0.05, 0) is 80.9 Å². The average molecular weight is 1430 g/mol. The second-order valence-electron chi connectivity index (χ2n) is 24.8. The zero-order chi connectivity index (χ0) is 76.2. The zero-order valence-electron chi connectivity index (χ0n) is 57.6. The van der Waals surface area contributed by atoms with Crippen molar-refractivity contribution in [3.05, 3.63) is 108 Å². The van der Waals surface area contributed by atoms with Gasteiger partial charge in [0.15, 0.2) is 5.96 Å². The minimum absolute atomic E-state index is 0.00165. The Labute approximate surface area is 589 Å². The summed E-state index contributed by atoms with van der Waals surface area (Å²) >= 11 is 0. The van der Waals surface area contributed by atoms with Crippen molar-refractivity contribution in [3.8, 4) is 0 Å². The highest BCUT2D eigenvalue weighted by molar-refractivity contribution is 6.00. The summed E-state index contributed by atoms with van der Waals surface area (Å²) in [5.41, 5.74) is 40.4. The van der Waals surface area contributed by atoms with E-state index >= 15 is 0 Å². The van der Waals surface area contributed by atoms with Gasteiger partial charge in [-0.3, -0.25) is 76.9 Å². The largest absolute Gasteiger partial charge is 0.481 e. The van der Waals surface area contributed by atoms with E-state index in [2.05, 4.69) is 52.8 Å². The van der Waals surface area contributed by atoms with Gasteiger partial charge in [-0.25, -0.2) is 0 Å². The molecule has 102 heavy (non-hydrogen) atoms. The summed E-state index contributed by atoms with van der Waals surface area (Å²) < 4.78 is 0. The van der Waals surface area contributed by atoms with E-state index in [-0.39, 0.29) is 95.6 Å². The Hall–Kier alpha value is -11.1. The van der Waals surface area contributed by atoms with Crippen LogP contribution in [0.25, 0.3) is 0 Å². The fourth-order valence-electron chi connectivity index (χ4n) is 10.5. The highest BCUT2D eigenvalue weighted by atomic mass is 16.4. The Kier molecular flexibility index (Phi) is 36.8. The minimum atomic E-state index is -1.58. The van der Waals surface area contributed by atoms with Gasteiger partial charge in [-0.15, -0.1) is 0 Å². The number of nitrogens with zero attached hydrogens (tertiary/aromatic N) is 2. The van der Waals surface area contributed by atoms with Crippen LogP contribution in [-0.2, 0) is 91.2 Å². The van der Waals surface area contributed by atoms with Crippen LogP contribution in [0.5, 0.6) is 0 Å². The highest BCUT2D eigenvalue weighted by Gasteiger charge is 2.41. The third-order valence-corrected chi connectivity index (χ3v) is 15.7. The van der Waals surface area contributed by atoms with Crippen LogP contribution in [0.3, 0.4) is 0 Å². The second kappa shape index (κ2) is 44.1. The van der Waals surface area contributed by atoms with E-state index < -0.39 is 181 Å². The number of amides is 14. The number of aliphatic carboxylic acids is 1. The van der Waals surface area contributed by atoms with Crippen LogP contribution in [0.4, 0.5) is 0 Å². The fraction of sp³-hybridized carbons (Fsp3) is 0.493. The summed E-state index contributed by atoms with van der Waals surface area (Å²) in [6, 6.07) is 9.86. The summed E-state index contributed by atoms with van der Waals surface area (Å²) in [5, 5.41) is 40.0. The molecule has 1 aliphatic rings. The number of guanidine groups is 1. The number of benzene rings is 3. The SMILES string of the molecule is CC(=O)O.CC(C)C[C@H](NC(=O)[C@H](Cc1ccccc1)NC(=O)[C@H](C)NC(=O)[C@H](CCC(N)=O)NC(=O)[C@@H](N)CO)C(=O)N[C@@H](Cc1ccccc1)C(=O)N[C@@H](CCC(N)=O)C(=O)N1CCC[C@H]1C(=O)N[C@@H](CCC(N)=O)C(=O)N[C@@H](CCCN=C(N)N)C(=O)N[C@@H](Cc1ccccc1)C(N)=O. The van der Waals surface area contributed by atoms with E-state index in [9.17, 15) is 72.2 Å². The van der Waals surface area contributed by atoms with Crippen molar-refractivity contribution in [1.29, 1.82) is 0 Å². The van der Waals surface area contributed by atoms with Gasteiger partial charge in [0, 0.05) is 58.5 Å². The third-order valence-electron chi connectivity index (χ3n) is 15.7. The van der Waals surface area contributed by atoms with Gasteiger partial charge in [0.25, 0.3) is 5.97 Å². The average Bonchev–Trinajstić information content (AvgIpc) is 1.65. The van der Waals surface area contributed by atoms with E-state index in [1.807, 2.05) is 0 Å². The van der Waals surface area contributed by atoms with Crippen LogP contribution < -0.4 is 88.0 Å². The van der Waals surface area contributed by atoms with Crippen molar-refractivity contribution in [2.75, 3.05) is 19.7 Å². The quantitative estimate of drug-likeness (QED) is 0.0143. The molecule has 1 heterocycles. The molecule has 0 spiro atoms. The Balaban J connectivity index is 0.00000657. The summed E-state index contributed by atoms with van der Waals surface area (Å²) in [6.45, 7) is 5.08. The number of aliphatic hydroxyl groups is 1. The maximum absolute atomic E-state index is 14.9. The number of likely N-dealkylation sites (tertiary alicyclic amines) is 1. The van der Waals surface area contributed by atoms with Gasteiger partial charge in [-0.1, -0.05) is 105 Å². The molecule has 0 aromatic heterocycles. The van der Waals surface area contributed by atoms with Gasteiger partial charge in [0.1, 0.15) is 66.5 Å². The lowest BCUT2D eigenvalue weighted by Gasteiger charge is -2.31. The molecule has 14 amide bonds. The molecule has 0 bridgehead atoms. The number of aliphatic hydroxyl groups excluding tert-OH is 1. The molecule has 25 N–H and O–H groups in total. The normalized spacial score (nSPS) is 15.2. The van der Waals surface area contributed by atoms with Crippen molar-refractivity contribution in [1.82, 2.24) is 52.8 Å². The standard InChI is InChI=1S/C65H94N18O15.C2H4O2/c1-36(2)31-47(81-62(96)48(33-39-17-9-5-10-18-39)80-55(89)37(3)74-57(91)43(23-26-51(67)85)75-56(90)41(66)35-84)60(94)82-49(34-40-19-11-6-12-20-40)61(95)78-45(25-28-53(69)87)64(98)83-30-14-22-50(83)63(97)77-44(24-27-52(68)86)59(93)76-42(21-13-29-73-65(71)72)58(92)79-46(54(70)88)32-38-15-7-4-8-16-38;1-2(3)4/h4-12,15-20,36-37,41-50,84H,13-14,21-35,66H2,1-3H3,(H2,67,85)(H2,68,86)(H2,69,87)(H2,70,88)(H,74,91)(H,75,90)(H,76,93)(H,77,97)(H,78,95)(H,79,92)(H,80,89)(H,81,96)(H,82,94)(H4,71,72,73);1H3,(H,3,4)/t37-,41-,42-,43-,44-,45-,46-,47-,48-,49-,50-;/m0./s1. The maximum atomic E-state index is 14.9. The fourth-order valence-corrected chi connectivity index (χ4v) is 10.5. The Bertz CT molecular complexity index is 3380. The van der Waals surface area contributed by atoms with Gasteiger partial charge >= 0.3 is 0 Å². The third kappa shape index (κ3) is 31.8. The van der Waals surface area contributed by atoms with Crippen LogP contribution >= 0.6 is 0 Å². The molecule has 0 radical (unpaired) electrons. The number of hydrogen-bond acceptors (Lipinski definition) is 18. The topological polar surface area (TPSA) is 603 Å². The van der Waals surface area contributed by atoms with Gasteiger partial charge in [0.05, 0.1) is 6.61 Å². The molecule has 3 aromatic carbocycles. The van der Waals surface area contributed by atoms with Crippen molar-refractivity contribution < 1.29 is 82.1 Å². The lowest BCUT2D eigenvalue weighted by molar-refractivity contribution is -0.143. The van der Waals surface area contributed by atoms with Gasteiger partial charge < -0.3 is 103 Å². The van der Waals surface area contributed by atoms with E-state index in [0.717, 1.165) is 11.8 Å². The zero-order valence-corrected chi connectivity index (χ0v) is 57.6. The molecule has 1 saturated heterocycles. The number of nitrogens with one attached hydrogen (secondary N) is 9. The van der Waals surface area contributed by atoms with E-state index in [1.165, 1.54) is 6.92 Å². The molecular weight excluding hydrogens is 1330 g/mol. The first-order valence-electron chi connectivity index (χ1n) is 33.1. The predicted octanol–water partition coefficient (Wildman–Crippen LogP) is -5.12. The number of carboxylic acids is 1. The molecule has 35 nitrogen and oxygen atoms in total. The monoisotopic (exact) mass is 1430 g/mol. The molecule has 0 saturated carbocycles. The van der Waals surface area contributed by atoms with E-state index in [4.69, 9.17) is 50.0 Å². The number of rotatable bonds is 42. The Morgan fingerprint density at radius 1 is 0.480 bits per heavy atom. The van der Waals surface area contributed by atoms with E-state index in [1.54, 1.807) is 105 Å². The molecule has 0 unspecified atom stereocenters. The lowest BCUT2D eigenvalue weighted by Crippen LogP contribution is -2.61. The van der Waals surface area contributed by atoms with E-state index in [0.29, 0.717) is 16.7 Å². The van der Waals surface area contributed by atoms with Gasteiger partial charge in [-0.2, -0.15) is 0 Å². The summed E-state index contributed by atoms with van der Waals surface area (Å²) in [6.07, 6.45) is -2.41. The Morgan fingerprint density at radius 2 is 0.843 bits per heavy atom. The predicted molar refractivity (Wildman–Crippen MR) is 370 cm³/mol. The van der Waals surface area contributed by atoms with Crippen molar-refractivity contribution in [2.45, 2.75) is 184 Å². The lowest BCUT2D eigenvalue weighted by atomic mass is 9.99. The first kappa shape index (κ1) is 85.1. The number of carbonyl (C=O) groups is 15. The molecule has 1 aliphatic heterocycles. The number of carbonyl (C=O) groups excluding carboxylic acids is 14. The number of nitrogens with two attached hydrogens (primary N) is 7. The highest BCUT2D eigenvalue weighted by Crippen LogP contribution is 2.21. The molecule has 4 rings (SSSR count). The van der Waals surface area contributed by atoms with Crippen LogP contribution in [0.1, 0.15) is 115 Å². The summed E-state index contributed by atoms with van der Waals surface area (Å²) in [7, 11) is 0. The number of primary amides is 4. The van der Waals surface area contributed by atoms with Crippen LogP contribution in [0, 0.1) is 5.92 Å². The first-order chi connectivity index (χ1) is 48.2. The first-order valence-corrected chi connectivity index (χ1v) is 33.1. The van der Waals surface area contributed by atoms with Crippen LogP contribution in [0.2, 0.25) is 0 Å². The maximum Gasteiger partial charge on any atom is 0.300 e. The van der Waals surface area contributed by atoms with Crippen molar-refractivity contribution >= 4 is 94.6 Å². The molecule has 11 atom stereocenters. The van der Waals surface area contributed by atoms with Crippen molar-refractivity contribution in [3.63, 3.8) is 0 Å². The molecule has 558 valence electrons. The summed E-state index contributed by atoms with van der Waals surface area (Å²) in [4.78, 5) is 204. The molecule has 0 aliphatic carbocycles. The molecular formula is C67H98N18O17.